The second-order valence-electron chi connectivity index (χ2n) is 6.24. The number of guanidine groups is 1. The van der Waals surface area contributed by atoms with Crippen LogP contribution in [-0.4, -0.2) is 46.1 Å². The number of anilines is 1. The van der Waals surface area contributed by atoms with Gasteiger partial charge in [0.15, 0.2) is 23.4 Å². The molecular weight excluding hydrogens is 376 g/mol. The summed E-state index contributed by atoms with van der Waals surface area (Å²) in [5.74, 6) is -3.88. The molecule has 0 bridgehead atoms. The van der Waals surface area contributed by atoms with Gasteiger partial charge >= 0.3 is 6.09 Å². The van der Waals surface area contributed by atoms with E-state index in [1.165, 1.54) is 29.3 Å². The summed E-state index contributed by atoms with van der Waals surface area (Å²) >= 11 is 0. The van der Waals surface area contributed by atoms with E-state index in [0.29, 0.717) is 0 Å². The number of carbonyl (C=O) groups excluding carboxylic acids is 1. The molecule has 28 heavy (non-hydrogen) atoms. The van der Waals surface area contributed by atoms with E-state index in [0.717, 1.165) is 6.07 Å². The molecule has 0 radical (unpaired) electrons. The molecule has 11 heteroatoms. The lowest BCUT2D eigenvalue weighted by molar-refractivity contribution is -0.176. The van der Waals surface area contributed by atoms with Gasteiger partial charge in [-0.15, -0.1) is 4.99 Å². The highest BCUT2D eigenvalue weighted by molar-refractivity contribution is 5.87. The number of aliphatic hydroxyl groups is 2. The maximum absolute atomic E-state index is 14.7. The average molecular weight is 393 g/mol. The van der Waals surface area contributed by atoms with Crippen molar-refractivity contribution in [3.8, 4) is 11.1 Å². The number of hydrogen-bond donors (Lipinski definition) is 4. The zero-order valence-corrected chi connectivity index (χ0v) is 14.5. The number of aromatic nitrogens is 1. The number of pyridine rings is 1. The van der Waals surface area contributed by atoms with Gasteiger partial charge in [0.1, 0.15) is 12.4 Å². The van der Waals surface area contributed by atoms with E-state index in [9.17, 15) is 23.8 Å². The van der Waals surface area contributed by atoms with Crippen molar-refractivity contribution < 1.29 is 28.5 Å². The van der Waals surface area contributed by atoms with Crippen molar-refractivity contribution in [2.45, 2.75) is 12.4 Å². The van der Waals surface area contributed by atoms with Crippen LogP contribution in [0.15, 0.2) is 35.5 Å². The first-order valence-corrected chi connectivity index (χ1v) is 8.06. The lowest BCUT2D eigenvalue weighted by Crippen LogP contribution is -2.62. The molecule has 1 aromatic carbocycles. The summed E-state index contributed by atoms with van der Waals surface area (Å²) in [6.45, 7) is -0.783. The molecule has 0 aliphatic carbocycles. The first-order chi connectivity index (χ1) is 13.2. The summed E-state index contributed by atoms with van der Waals surface area (Å²) < 4.78 is 33.9. The van der Waals surface area contributed by atoms with Gasteiger partial charge in [0, 0.05) is 22.9 Å². The fraction of sp³-hybridized carbons (Fsp3) is 0.235. The molecule has 0 saturated carbocycles. The van der Waals surface area contributed by atoms with Gasteiger partial charge in [-0.1, -0.05) is 18.2 Å². The van der Waals surface area contributed by atoms with Gasteiger partial charge in [0.2, 0.25) is 0 Å². The van der Waals surface area contributed by atoms with Crippen molar-refractivity contribution in [3.63, 3.8) is 0 Å². The maximum atomic E-state index is 14.7. The lowest BCUT2D eigenvalue weighted by Gasteiger charge is -2.43. The van der Waals surface area contributed by atoms with Crippen LogP contribution < -0.4 is 16.4 Å². The van der Waals surface area contributed by atoms with Crippen LogP contribution >= 0.6 is 0 Å². The van der Waals surface area contributed by atoms with Crippen LogP contribution in [0.3, 0.4) is 0 Å². The van der Waals surface area contributed by atoms with Crippen LogP contribution in [-0.2, 0) is 11.3 Å². The molecule has 3 rings (SSSR count). The van der Waals surface area contributed by atoms with Gasteiger partial charge < -0.3 is 31.3 Å². The molecule has 1 aliphatic rings. The Morgan fingerprint density at radius 2 is 2.04 bits per heavy atom. The van der Waals surface area contributed by atoms with Crippen LogP contribution in [0, 0.1) is 11.6 Å². The number of ether oxygens (including phenoxy) is 1. The average Bonchev–Trinajstić information content (AvgIpc) is 2.58. The van der Waals surface area contributed by atoms with E-state index < -0.39 is 36.1 Å². The summed E-state index contributed by atoms with van der Waals surface area (Å²) in [5, 5.41) is 18.7. The van der Waals surface area contributed by atoms with Gasteiger partial charge in [-0.2, -0.15) is 0 Å². The van der Waals surface area contributed by atoms with Gasteiger partial charge in [-0.3, -0.25) is 0 Å². The smallest absolute Gasteiger partial charge is 0.437 e. The number of amides is 1. The molecule has 148 valence electrons. The zero-order valence-electron chi connectivity index (χ0n) is 14.5. The fourth-order valence-corrected chi connectivity index (χ4v) is 2.72. The molecule has 0 spiro atoms. The number of nitrogens with zero attached hydrogens (tertiary/aromatic N) is 3. The Labute approximate surface area is 157 Å². The number of hydrogen-bond acceptors (Lipinski definition) is 6. The molecule has 2 aromatic rings. The monoisotopic (exact) mass is 393 g/mol. The molecule has 2 heterocycles. The third-order valence-electron chi connectivity index (χ3n) is 3.97. The van der Waals surface area contributed by atoms with Crippen molar-refractivity contribution >= 4 is 17.9 Å². The van der Waals surface area contributed by atoms with E-state index in [2.05, 4.69) is 9.98 Å². The van der Waals surface area contributed by atoms with Crippen LogP contribution in [0.1, 0.15) is 5.56 Å². The molecule has 9 nitrogen and oxygen atoms in total. The largest absolute Gasteiger partial charge is 0.443 e. The van der Waals surface area contributed by atoms with E-state index >= 15 is 0 Å². The Hall–Kier alpha value is -3.31. The van der Waals surface area contributed by atoms with Gasteiger partial charge in [0.25, 0.3) is 0 Å². The molecule has 1 aromatic heterocycles. The predicted octanol–water partition coefficient (Wildman–Crippen LogP) is 0.438. The molecule has 1 fully saturated rings. The number of rotatable bonds is 4. The summed E-state index contributed by atoms with van der Waals surface area (Å²) in [6.07, 6.45) is 0.195. The first-order valence-electron chi connectivity index (χ1n) is 8.06. The maximum Gasteiger partial charge on any atom is 0.437 e. The summed E-state index contributed by atoms with van der Waals surface area (Å²) in [6, 6.07) is 5.41. The quantitative estimate of drug-likeness (QED) is 0.332. The minimum absolute atomic E-state index is 0.0363. The second-order valence-corrected chi connectivity index (χ2v) is 6.24. The SMILES string of the molecule is NC(N)=NC(=O)OCc1cccc(-c2cnc(N3CC(O)(O)C3)c(F)c2)c1F. The third-order valence-corrected chi connectivity index (χ3v) is 3.97. The summed E-state index contributed by atoms with van der Waals surface area (Å²) in [7, 11) is 0. The highest BCUT2D eigenvalue weighted by atomic mass is 19.1. The molecule has 6 N–H and O–H groups in total. The van der Waals surface area contributed by atoms with Crippen molar-refractivity contribution in [2.75, 3.05) is 18.0 Å². The number of aliphatic imine (C=N–C) groups is 1. The Morgan fingerprint density at radius 3 is 2.64 bits per heavy atom. The number of β-amino-alcohol motifs (C(OH)–C–C–N with tert-alkyl or cyclic N) is 2. The highest BCUT2D eigenvalue weighted by Gasteiger charge is 2.41. The summed E-state index contributed by atoms with van der Waals surface area (Å²) in [5.41, 5.74) is 10.3. The van der Waals surface area contributed by atoms with Gasteiger partial charge in [-0.25, -0.2) is 18.6 Å². The highest BCUT2D eigenvalue weighted by Crippen LogP contribution is 2.31. The minimum atomic E-state index is -1.87. The van der Waals surface area contributed by atoms with Crippen LogP contribution in [0.2, 0.25) is 0 Å². The number of nitrogens with two attached hydrogens (primary N) is 2. The topological polar surface area (TPSA) is 147 Å². The summed E-state index contributed by atoms with van der Waals surface area (Å²) in [4.78, 5) is 19.8. The number of benzene rings is 1. The van der Waals surface area contributed by atoms with Crippen LogP contribution in [0.4, 0.5) is 19.4 Å². The van der Waals surface area contributed by atoms with Crippen LogP contribution in [0.25, 0.3) is 11.1 Å². The molecular formula is C17H17F2N5O4. The Balaban J connectivity index is 1.79. The Bertz CT molecular complexity index is 939. The Morgan fingerprint density at radius 1 is 1.32 bits per heavy atom. The predicted molar refractivity (Wildman–Crippen MR) is 95.0 cm³/mol. The van der Waals surface area contributed by atoms with Gasteiger partial charge in [0.05, 0.1) is 13.1 Å². The van der Waals surface area contributed by atoms with Crippen LogP contribution in [0.5, 0.6) is 0 Å². The standard InChI is InChI=1S/C17H17F2N5O4/c18-12-4-10(5-22-14(12)24-7-17(26,27)8-24)11-3-1-2-9(13(11)19)6-28-16(25)23-15(20)21/h1-5,26-27H,6-8H2,(H4,20,21,23,25). The van der Waals surface area contributed by atoms with E-state index in [-0.39, 0.29) is 35.6 Å². The molecule has 0 atom stereocenters. The number of carbonyl (C=O) groups is 1. The normalized spacial score (nSPS) is 14.9. The fourth-order valence-electron chi connectivity index (χ4n) is 2.72. The zero-order chi connectivity index (χ0) is 20.5. The first kappa shape index (κ1) is 19.5. The minimum Gasteiger partial charge on any atom is -0.443 e. The van der Waals surface area contributed by atoms with E-state index in [1.807, 2.05) is 0 Å². The molecule has 1 amide bonds. The second kappa shape index (κ2) is 7.37. The molecule has 1 aliphatic heterocycles. The molecule has 1 saturated heterocycles. The van der Waals surface area contributed by atoms with Crippen molar-refractivity contribution in [1.29, 1.82) is 0 Å². The third kappa shape index (κ3) is 4.15. The molecule has 0 unspecified atom stereocenters. The van der Waals surface area contributed by atoms with Crippen molar-refractivity contribution in [2.24, 2.45) is 16.5 Å². The Kier molecular flexibility index (Phi) is 5.12. The van der Waals surface area contributed by atoms with Gasteiger partial charge in [-0.05, 0) is 6.07 Å². The number of halogens is 2. The van der Waals surface area contributed by atoms with Crippen molar-refractivity contribution in [1.82, 2.24) is 4.98 Å². The van der Waals surface area contributed by atoms with Crippen molar-refractivity contribution in [3.05, 3.63) is 47.7 Å². The van der Waals surface area contributed by atoms with E-state index in [1.54, 1.807) is 0 Å². The lowest BCUT2D eigenvalue weighted by atomic mass is 10.0. The van der Waals surface area contributed by atoms with E-state index in [4.69, 9.17) is 16.2 Å².